The molecule has 134 valence electrons. The summed E-state index contributed by atoms with van der Waals surface area (Å²) in [5, 5.41) is 5.63. The number of alkyl halides is 2. The molecule has 0 saturated heterocycles. The van der Waals surface area contributed by atoms with E-state index in [1.54, 1.807) is 30.3 Å². The number of benzene rings is 2. The number of halogens is 3. The number of methoxy groups -OCH3 is 1. The highest BCUT2D eigenvalue weighted by molar-refractivity contribution is 9.10. The van der Waals surface area contributed by atoms with Gasteiger partial charge in [-0.25, -0.2) is 0 Å². The third-order valence-corrected chi connectivity index (χ3v) is 4.05. The second-order valence-corrected chi connectivity index (χ2v) is 5.78. The van der Waals surface area contributed by atoms with E-state index in [0.29, 0.717) is 27.0 Å². The molecule has 0 aliphatic carbocycles. The zero-order valence-electron chi connectivity index (χ0n) is 13.6. The van der Waals surface area contributed by atoms with Gasteiger partial charge < -0.3 is 20.1 Å². The van der Waals surface area contributed by atoms with Crippen molar-refractivity contribution in [2.24, 2.45) is 0 Å². The first-order valence-corrected chi connectivity index (χ1v) is 8.12. The molecule has 0 spiro atoms. The summed E-state index contributed by atoms with van der Waals surface area (Å²) in [6.07, 6.45) is 0. The van der Waals surface area contributed by atoms with Crippen molar-refractivity contribution >= 4 is 27.5 Å². The Labute approximate surface area is 152 Å². The zero-order valence-corrected chi connectivity index (χ0v) is 15.2. The quantitative estimate of drug-likeness (QED) is 0.717. The first-order valence-electron chi connectivity index (χ1n) is 7.33. The lowest BCUT2D eigenvalue weighted by atomic mass is 10.1. The highest BCUT2D eigenvalue weighted by Gasteiger charge is 2.18. The molecule has 2 N–H and O–H groups in total. The van der Waals surface area contributed by atoms with E-state index in [9.17, 15) is 13.6 Å². The Morgan fingerprint density at radius 3 is 2.60 bits per heavy atom. The Morgan fingerprint density at radius 2 is 1.96 bits per heavy atom. The van der Waals surface area contributed by atoms with E-state index in [0.717, 1.165) is 0 Å². The van der Waals surface area contributed by atoms with Crippen LogP contribution in [0.3, 0.4) is 0 Å². The van der Waals surface area contributed by atoms with Crippen molar-refractivity contribution in [1.29, 1.82) is 0 Å². The van der Waals surface area contributed by atoms with Gasteiger partial charge in [-0.1, -0.05) is 18.2 Å². The van der Waals surface area contributed by atoms with Gasteiger partial charge in [-0.15, -0.1) is 0 Å². The minimum absolute atomic E-state index is 0.0699. The fraction of sp³-hybridized carbons (Fsp3) is 0.235. The number of hydrogen-bond donors (Lipinski definition) is 2. The molecule has 0 aromatic heterocycles. The smallest absolute Gasteiger partial charge is 0.387 e. The number of carbonyl (C=O) groups is 1. The molecule has 2 aromatic rings. The monoisotopic (exact) mass is 414 g/mol. The predicted molar refractivity (Wildman–Crippen MR) is 94.5 cm³/mol. The van der Waals surface area contributed by atoms with Crippen LogP contribution in [0, 0.1) is 0 Å². The van der Waals surface area contributed by atoms with Gasteiger partial charge in [-0.2, -0.15) is 8.78 Å². The summed E-state index contributed by atoms with van der Waals surface area (Å²) in [6, 6.07) is 9.78. The van der Waals surface area contributed by atoms with Crippen molar-refractivity contribution in [1.82, 2.24) is 5.32 Å². The predicted octanol–water partition coefficient (Wildman–Crippen LogP) is 4.03. The third-order valence-electron chi connectivity index (χ3n) is 3.43. The van der Waals surface area contributed by atoms with E-state index in [-0.39, 0.29) is 18.2 Å². The summed E-state index contributed by atoms with van der Waals surface area (Å²) in [4.78, 5) is 12.1. The van der Waals surface area contributed by atoms with Gasteiger partial charge in [0.1, 0.15) is 5.75 Å². The molecule has 25 heavy (non-hydrogen) atoms. The van der Waals surface area contributed by atoms with Crippen molar-refractivity contribution in [3.8, 4) is 11.5 Å². The molecule has 0 aliphatic heterocycles. The Kier molecular flexibility index (Phi) is 6.58. The maximum atomic E-state index is 12.5. The lowest BCUT2D eigenvalue weighted by molar-refractivity contribution is -0.0504. The van der Waals surface area contributed by atoms with Gasteiger partial charge in [0.15, 0.2) is 5.75 Å². The third kappa shape index (κ3) is 4.60. The molecule has 2 rings (SSSR count). The molecule has 0 radical (unpaired) electrons. The standard InChI is InChI=1S/C17H17BrF2N2O3/c1-21-16(23)11-7-8-12(18)15(24-2)14(11)22-9-10-5-3-4-6-13(10)25-17(19)20/h3-8,17,22H,9H2,1-2H3,(H,21,23). The van der Waals surface area contributed by atoms with Crippen LogP contribution in [-0.4, -0.2) is 26.7 Å². The number of para-hydroxylation sites is 1. The molecule has 1 amide bonds. The molecule has 0 aliphatic rings. The van der Waals surface area contributed by atoms with Crippen molar-refractivity contribution < 1.29 is 23.0 Å². The van der Waals surface area contributed by atoms with Crippen LogP contribution in [0.15, 0.2) is 40.9 Å². The highest BCUT2D eigenvalue weighted by Crippen LogP contribution is 2.37. The molecule has 0 heterocycles. The lowest BCUT2D eigenvalue weighted by Gasteiger charge is -2.17. The topological polar surface area (TPSA) is 59.6 Å². The van der Waals surface area contributed by atoms with Gasteiger partial charge in [0.25, 0.3) is 5.91 Å². The maximum absolute atomic E-state index is 12.5. The van der Waals surface area contributed by atoms with Crippen LogP contribution >= 0.6 is 15.9 Å². The number of hydrogen-bond acceptors (Lipinski definition) is 4. The van der Waals surface area contributed by atoms with Crippen LogP contribution in [-0.2, 0) is 6.54 Å². The van der Waals surface area contributed by atoms with Crippen LogP contribution < -0.4 is 20.1 Å². The van der Waals surface area contributed by atoms with E-state index in [4.69, 9.17) is 4.74 Å². The second kappa shape index (κ2) is 8.66. The maximum Gasteiger partial charge on any atom is 0.387 e. The first-order chi connectivity index (χ1) is 12.0. The second-order valence-electron chi connectivity index (χ2n) is 4.92. The van der Waals surface area contributed by atoms with E-state index in [1.807, 2.05) is 0 Å². The van der Waals surface area contributed by atoms with Gasteiger partial charge in [0.2, 0.25) is 0 Å². The minimum atomic E-state index is -2.91. The molecule has 8 heteroatoms. The first kappa shape index (κ1) is 19.0. The van der Waals surface area contributed by atoms with Crippen LogP contribution in [0.4, 0.5) is 14.5 Å². The average molecular weight is 415 g/mol. The summed E-state index contributed by atoms with van der Waals surface area (Å²) in [6.45, 7) is -2.75. The van der Waals surface area contributed by atoms with Crippen LogP contribution in [0.25, 0.3) is 0 Å². The van der Waals surface area contributed by atoms with Gasteiger partial charge >= 0.3 is 6.61 Å². The largest absolute Gasteiger partial charge is 0.493 e. The fourth-order valence-electron chi connectivity index (χ4n) is 2.30. The summed E-state index contributed by atoms with van der Waals surface area (Å²) in [5.41, 5.74) is 1.34. The van der Waals surface area contributed by atoms with E-state index >= 15 is 0 Å². The summed E-state index contributed by atoms with van der Waals surface area (Å²) in [7, 11) is 3.00. The molecule has 0 fully saturated rings. The van der Waals surface area contributed by atoms with Crippen molar-refractivity contribution in [3.63, 3.8) is 0 Å². The van der Waals surface area contributed by atoms with E-state index < -0.39 is 6.61 Å². The lowest BCUT2D eigenvalue weighted by Crippen LogP contribution is -2.20. The number of rotatable bonds is 7. The van der Waals surface area contributed by atoms with Crippen molar-refractivity contribution in [3.05, 3.63) is 52.0 Å². The average Bonchev–Trinajstić information content (AvgIpc) is 2.60. The molecule has 0 bridgehead atoms. The molecule has 5 nitrogen and oxygen atoms in total. The van der Waals surface area contributed by atoms with E-state index in [2.05, 4.69) is 31.3 Å². The fourth-order valence-corrected chi connectivity index (χ4v) is 2.79. The zero-order chi connectivity index (χ0) is 18.4. The van der Waals surface area contributed by atoms with Gasteiger partial charge in [0.05, 0.1) is 22.8 Å². The molecular formula is C17H17BrF2N2O3. The Bertz CT molecular complexity index is 757. The Balaban J connectivity index is 2.35. The van der Waals surface area contributed by atoms with Crippen molar-refractivity contribution in [2.75, 3.05) is 19.5 Å². The van der Waals surface area contributed by atoms with Gasteiger partial charge in [-0.3, -0.25) is 4.79 Å². The summed E-state index contributed by atoms with van der Waals surface area (Å²) in [5.74, 6) is 0.208. The summed E-state index contributed by atoms with van der Waals surface area (Å²) < 4.78 is 35.6. The number of anilines is 1. The number of carbonyl (C=O) groups excluding carboxylic acids is 1. The highest BCUT2D eigenvalue weighted by atomic mass is 79.9. The molecule has 2 aromatic carbocycles. The van der Waals surface area contributed by atoms with Crippen LogP contribution in [0.2, 0.25) is 0 Å². The molecular weight excluding hydrogens is 398 g/mol. The van der Waals surface area contributed by atoms with Gasteiger partial charge in [-0.05, 0) is 34.1 Å². The Morgan fingerprint density at radius 1 is 1.24 bits per heavy atom. The van der Waals surface area contributed by atoms with Crippen LogP contribution in [0.1, 0.15) is 15.9 Å². The number of ether oxygens (including phenoxy) is 2. The SMILES string of the molecule is CNC(=O)c1ccc(Br)c(OC)c1NCc1ccccc1OC(F)F. The van der Waals surface area contributed by atoms with E-state index in [1.165, 1.54) is 20.2 Å². The van der Waals surface area contributed by atoms with Crippen LogP contribution in [0.5, 0.6) is 11.5 Å². The minimum Gasteiger partial charge on any atom is -0.493 e. The van der Waals surface area contributed by atoms with Gasteiger partial charge in [0, 0.05) is 19.2 Å². The molecule has 0 saturated carbocycles. The number of amides is 1. The molecule has 0 unspecified atom stereocenters. The normalized spacial score (nSPS) is 10.5. The Hall–Kier alpha value is -2.35. The van der Waals surface area contributed by atoms with Crippen molar-refractivity contribution in [2.45, 2.75) is 13.2 Å². The molecule has 0 atom stereocenters. The number of nitrogens with one attached hydrogen (secondary N) is 2. The summed E-state index contributed by atoms with van der Waals surface area (Å²) >= 11 is 3.37.